The number of aliphatic imine (C=N–C) groups is 1. The normalized spacial score (nSPS) is 24.3. The number of carbonyl (C=O) groups excluding carboxylic acids is 3. The summed E-state index contributed by atoms with van der Waals surface area (Å²) in [6.45, 7) is 5.43. The number of likely N-dealkylation sites (N-methyl/N-ethyl adjacent to an activating group) is 1. The monoisotopic (exact) mass is 397 g/mol. The van der Waals surface area contributed by atoms with Gasteiger partial charge in [0.15, 0.2) is 12.2 Å². The maximum absolute atomic E-state index is 13.3. The van der Waals surface area contributed by atoms with Gasteiger partial charge in [-0.1, -0.05) is 17.7 Å². The molecule has 1 aromatic carbocycles. The van der Waals surface area contributed by atoms with Crippen LogP contribution in [0.4, 0.5) is 10.5 Å². The van der Waals surface area contributed by atoms with E-state index in [2.05, 4.69) is 0 Å². The summed E-state index contributed by atoms with van der Waals surface area (Å²) in [5.41, 5.74) is 2.97. The van der Waals surface area contributed by atoms with Gasteiger partial charge in [0.05, 0.1) is 7.11 Å². The summed E-state index contributed by atoms with van der Waals surface area (Å²) < 4.78 is 4.73. The standard InChI is InChI=1S/C20H23N5O4/c1-11-6-8-14(9-7-11)24-12(2)10-23-15-16(21-19(23)24)22(4)20(28)25(17(15)26)13(3)18(27)29-5/h6-10,13,15-16H,1-5H3. The van der Waals surface area contributed by atoms with Gasteiger partial charge in [-0.05, 0) is 32.9 Å². The fraction of sp³-hybridized carbons (Fsp3) is 0.400. The minimum Gasteiger partial charge on any atom is -0.467 e. The summed E-state index contributed by atoms with van der Waals surface area (Å²) >= 11 is 0. The molecular weight excluding hydrogens is 374 g/mol. The van der Waals surface area contributed by atoms with Gasteiger partial charge >= 0.3 is 12.0 Å². The van der Waals surface area contributed by atoms with Crippen LogP contribution in [0.2, 0.25) is 0 Å². The van der Waals surface area contributed by atoms with E-state index >= 15 is 0 Å². The third kappa shape index (κ3) is 2.68. The van der Waals surface area contributed by atoms with Crippen LogP contribution in [0.1, 0.15) is 19.4 Å². The Kier molecular flexibility index (Phi) is 4.33. The lowest BCUT2D eigenvalue weighted by Gasteiger charge is -2.41. The average molecular weight is 397 g/mol. The van der Waals surface area contributed by atoms with Crippen LogP contribution in [0.15, 0.2) is 41.2 Å². The Bertz CT molecular complexity index is 954. The van der Waals surface area contributed by atoms with Crippen molar-refractivity contribution < 1.29 is 19.1 Å². The summed E-state index contributed by atoms with van der Waals surface area (Å²) in [6.07, 6.45) is 1.19. The minimum absolute atomic E-state index is 0.468. The lowest BCUT2D eigenvalue weighted by Crippen LogP contribution is -2.67. The number of hydrogen-bond donors (Lipinski definition) is 0. The number of carbonyl (C=O) groups is 3. The maximum atomic E-state index is 13.3. The molecule has 3 aliphatic heterocycles. The second-order valence-corrected chi connectivity index (χ2v) is 7.44. The van der Waals surface area contributed by atoms with Crippen molar-refractivity contribution >= 4 is 29.6 Å². The molecule has 0 spiro atoms. The zero-order valence-corrected chi connectivity index (χ0v) is 17.0. The second-order valence-electron chi connectivity index (χ2n) is 7.44. The number of esters is 1. The van der Waals surface area contributed by atoms with Gasteiger partial charge in [0.25, 0.3) is 5.91 Å². The topological polar surface area (TPSA) is 85.8 Å². The first kappa shape index (κ1) is 19.0. The number of imide groups is 1. The Morgan fingerprint density at radius 2 is 1.83 bits per heavy atom. The van der Waals surface area contributed by atoms with E-state index < -0.39 is 36.2 Å². The van der Waals surface area contributed by atoms with Gasteiger partial charge in [-0.25, -0.2) is 19.5 Å². The number of guanidine groups is 1. The number of anilines is 1. The van der Waals surface area contributed by atoms with E-state index in [0.717, 1.165) is 21.8 Å². The largest absolute Gasteiger partial charge is 0.467 e. The van der Waals surface area contributed by atoms with Crippen molar-refractivity contribution in [1.82, 2.24) is 14.7 Å². The van der Waals surface area contributed by atoms with Crippen molar-refractivity contribution in [2.24, 2.45) is 4.99 Å². The SMILES string of the molecule is COC(=O)C(C)N1C(=O)C2C(N=C3N(c4ccc(C)cc4)C(C)=CN32)N(C)C1=O. The van der Waals surface area contributed by atoms with E-state index in [1.807, 2.05) is 49.2 Å². The molecule has 0 bridgehead atoms. The fourth-order valence-electron chi connectivity index (χ4n) is 3.96. The summed E-state index contributed by atoms with van der Waals surface area (Å²) in [6, 6.07) is 5.68. The summed E-state index contributed by atoms with van der Waals surface area (Å²) in [5.74, 6) is -0.529. The highest BCUT2D eigenvalue weighted by Gasteiger charge is 2.56. The second kappa shape index (κ2) is 6.61. The van der Waals surface area contributed by atoms with Crippen LogP contribution in [-0.2, 0) is 14.3 Å². The predicted molar refractivity (Wildman–Crippen MR) is 106 cm³/mol. The number of ether oxygens (including phenoxy) is 1. The molecule has 3 atom stereocenters. The molecule has 1 saturated heterocycles. The number of amides is 3. The van der Waals surface area contributed by atoms with Gasteiger partial charge in [-0.2, -0.15) is 0 Å². The molecule has 29 heavy (non-hydrogen) atoms. The minimum atomic E-state index is -1.02. The van der Waals surface area contributed by atoms with E-state index in [0.29, 0.717) is 5.96 Å². The molecule has 4 rings (SSSR count). The molecule has 1 aromatic rings. The molecule has 152 valence electrons. The first-order valence-corrected chi connectivity index (χ1v) is 9.35. The molecule has 0 N–H and O–H groups in total. The quantitative estimate of drug-likeness (QED) is 0.719. The van der Waals surface area contributed by atoms with Crippen LogP contribution < -0.4 is 4.90 Å². The van der Waals surface area contributed by atoms with Crippen molar-refractivity contribution in [2.45, 2.75) is 39.0 Å². The molecule has 0 aliphatic carbocycles. The summed E-state index contributed by atoms with van der Waals surface area (Å²) in [5, 5.41) is 0. The van der Waals surface area contributed by atoms with Crippen molar-refractivity contribution in [3.8, 4) is 0 Å². The lowest BCUT2D eigenvalue weighted by molar-refractivity contribution is -0.153. The third-order valence-corrected chi connectivity index (χ3v) is 5.56. The van der Waals surface area contributed by atoms with E-state index in [4.69, 9.17) is 9.73 Å². The van der Waals surface area contributed by atoms with Gasteiger partial charge in [0, 0.05) is 24.6 Å². The Morgan fingerprint density at radius 1 is 1.17 bits per heavy atom. The number of benzene rings is 1. The molecule has 3 unspecified atom stereocenters. The maximum Gasteiger partial charge on any atom is 0.329 e. The number of urea groups is 1. The van der Waals surface area contributed by atoms with Gasteiger partial charge in [-0.15, -0.1) is 0 Å². The molecule has 0 saturated carbocycles. The summed E-state index contributed by atoms with van der Waals surface area (Å²) in [7, 11) is 2.81. The molecule has 3 heterocycles. The van der Waals surface area contributed by atoms with Crippen molar-refractivity contribution in [3.63, 3.8) is 0 Å². The Hall–Kier alpha value is -3.36. The summed E-state index contributed by atoms with van der Waals surface area (Å²) in [4.78, 5) is 48.9. The van der Waals surface area contributed by atoms with E-state index in [1.54, 1.807) is 11.9 Å². The van der Waals surface area contributed by atoms with Crippen molar-refractivity contribution in [1.29, 1.82) is 0 Å². The number of allylic oxidation sites excluding steroid dienone is 1. The first-order chi connectivity index (χ1) is 13.8. The molecular formula is C20H23N5O4. The van der Waals surface area contributed by atoms with Gasteiger partial charge in [-0.3, -0.25) is 9.69 Å². The Balaban J connectivity index is 1.71. The van der Waals surface area contributed by atoms with Crippen molar-refractivity contribution in [2.75, 3.05) is 19.1 Å². The zero-order chi connectivity index (χ0) is 21.0. The van der Waals surface area contributed by atoms with Crippen LogP contribution in [0, 0.1) is 6.92 Å². The first-order valence-electron chi connectivity index (χ1n) is 9.35. The molecule has 0 aromatic heterocycles. The molecule has 9 heteroatoms. The van der Waals surface area contributed by atoms with E-state index in [-0.39, 0.29) is 0 Å². The van der Waals surface area contributed by atoms with E-state index in [9.17, 15) is 14.4 Å². The number of methoxy groups -OCH3 is 1. The number of hydrogen-bond acceptors (Lipinski definition) is 7. The Morgan fingerprint density at radius 3 is 2.45 bits per heavy atom. The van der Waals surface area contributed by atoms with Crippen LogP contribution >= 0.6 is 0 Å². The third-order valence-electron chi connectivity index (χ3n) is 5.56. The highest BCUT2D eigenvalue weighted by molar-refractivity contribution is 6.10. The van der Waals surface area contributed by atoms with Crippen LogP contribution in [0.25, 0.3) is 0 Å². The number of nitrogens with zero attached hydrogens (tertiary/aromatic N) is 5. The van der Waals surface area contributed by atoms with Crippen LogP contribution in [0.5, 0.6) is 0 Å². The van der Waals surface area contributed by atoms with Gasteiger partial charge in [0.1, 0.15) is 6.04 Å². The zero-order valence-electron chi connectivity index (χ0n) is 17.0. The molecule has 3 amide bonds. The van der Waals surface area contributed by atoms with Crippen LogP contribution in [-0.4, -0.2) is 71.0 Å². The van der Waals surface area contributed by atoms with E-state index in [1.165, 1.54) is 18.9 Å². The average Bonchev–Trinajstić information content (AvgIpc) is 3.21. The molecule has 9 nitrogen and oxygen atoms in total. The predicted octanol–water partition coefficient (Wildman–Crippen LogP) is 1.50. The lowest BCUT2D eigenvalue weighted by atomic mass is 10.1. The van der Waals surface area contributed by atoms with Gasteiger partial charge < -0.3 is 14.5 Å². The smallest absolute Gasteiger partial charge is 0.329 e. The number of aryl methyl sites for hydroxylation is 1. The highest BCUT2D eigenvalue weighted by Crippen LogP contribution is 2.37. The number of fused-ring (bicyclic) bond motifs is 3. The molecule has 3 aliphatic rings. The van der Waals surface area contributed by atoms with Crippen molar-refractivity contribution in [3.05, 3.63) is 41.7 Å². The van der Waals surface area contributed by atoms with Crippen LogP contribution in [0.3, 0.4) is 0 Å². The number of rotatable bonds is 3. The highest BCUT2D eigenvalue weighted by atomic mass is 16.5. The molecule has 0 radical (unpaired) electrons. The Labute approximate surface area is 168 Å². The molecule has 1 fully saturated rings. The fourth-order valence-corrected chi connectivity index (χ4v) is 3.96. The van der Waals surface area contributed by atoms with Gasteiger partial charge in [0.2, 0.25) is 5.96 Å².